The molecule has 3 aromatic rings. The molecule has 0 aliphatic rings. The first-order valence-electron chi connectivity index (χ1n) is 7.60. The van der Waals surface area contributed by atoms with Crippen LogP contribution in [0, 0.1) is 13.8 Å². The van der Waals surface area contributed by atoms with Gasteiger partial charge in [0.2, 0.25) is 0 Å². The summed E-state index contributed by atoms with van der Waals surface area (Å²) in [5, 5.41) is 20.7. The van der Waals surface area contributed by atoms with Crippen molar-refractivity contribution in [2.45, 2.75) is 19.8 Å². The minimum absolute atomic E-state index is 0.136. The Kier molecular flexibility index (Phi) is 4.19. The number of rotatable bonds is 3. The highest BCUT2D eigenvalue weighted by molar-refractivity contribution is 5.50. The van der Waals surface area contributed by atoms with Crippen LogP contribution in [0.15, 0.2) is 60.9 Å². The van der Waals surface area contributed by atoms with Crippen molar-refractivity contribution in [1.82, 2.24) is 0 Å². The predicted octanol–water partition coefficient (Wildman–Crippen LogP) is 2.80. The van der Waals surface area contributed by atoms with Crippen molar-refractivity contribution in [2.75, 3.05) is 0 Å². The van der Waals surface area contributed by atoms with Gasteiger partial charge in [0.25, 0.3) is 0 Å². The number of benzene rings is 1. The van der Waals surface area contributed by atoms with E-state index in [0.717, 1.165) is 0 Å². The Hall–Kier alpha value is -3.28. The maximum atomic E-state index is 12.4. The topological polar surface area (TPSA) is 101 Å². The van der Waals surface area contributed by atoms with Crippen LogP contribution >= 0.6 is 0 Å². The zero-order valence-electron chi connectivity index (χ0n) is 13.6. The van der Waals surface area contributed by atoms with Crippen LogP contribution in [-0.4, -0.2) is 10.2 Å². The maximum Gasteiger partial charge on any atom is 0.343 e. The van der Waals surface area contributed by atoms with Crippen LogP contribution in [0.5, 0.6) is 11.5 Å². The molecular formula is C19H16O6. The second-order valence-corrected chi connectivity index (χ2v) is 5.73. The first-order valence-corrected chi connectivity index (χ1v) is 7.60. The van der Waals surface area contributed by atoms with Crippen LogP contribution in [0.4, 0.5) is 0 Å². The van der Waals surface area contributed by atoms with Gasteiger partial charge in [-0.2, -0.15) is 0 Å². The highest BCUT2D eigenvalue weighted by Gasteiger charge is 2.30. The SMILES string of the molecule is Cc1cc(O)c(C(c2ccccc2)c2c(O)cc(C)oc2=O)c(=O)o1. The molecular weight excluding hydrogens is 324 g/mol. The summed E-state index contributed by atoms with van der Waals surface area (Å²) in [5.41, 5.74) is -1.32. The van der Waals surface area contributed by atoms with Crippen molar-refractivity contribution in [1.29, 1.82) is 0 Å². The molecule has 2 heterocycles. The lowest BCUT2D eigenvalue weighted by Gasteiger charge is -2.18. The van der Waals surface area contributed by atoms with E-state index in [1.165, 1.54) is 26.0 Å². The summed E-state index contributed by atoms with van der Waals surface area (Å²) in [7, 11) is 0. The number of aromatic hydroxyl groups is 2. The molecule has 25 heavy (non-hydrogen) atoms. The van der Waals surface area contributed by atoms with Gasteiger partial charge in [0.1, 0.15) is 23.0 Å². The third kappa shape index (κ3) is 3.06. The summed E-state index contributed by atoms with van der Waals surface area (Å²) in [4.78, 5) is 24.8. The van der Waals surface area contributed by atoms with E-state index in [-0.39, 0.29) is 34.1 Å². The van der Waals surface area contributed by atoms with Gasteiger partial charge in [0.05, 0.1) is 17.0 Å². The van der Waals surface area contributed by atoms with E-state index in [2.05, 4.69) is 0 Å². The van der Waals surface area contributed by atoms with Crippen LogP contribution in [-0.2, 0) is 0 Å². The Bertz CT molecular complexity index is 965. The average Bonchev–Trinajstić information content (AvgIpc) is 2.52. The Balaban J connectivity index is 2.38. The smallest absolute Gasteiger partial charge is 0.343 e. The molecule has 1 aromatic carbocycles. The highest BCUT2D eigenvalue weighted by Crippen LogP contribution is 2.37. The second kappa shape index (κ2) is 6.32. The maximum absolute atomic E-state index is 12.4. The zero-order chi connectivity index (χ0) is 18.1. The minimum Gasteiger partial charge on any atom is -0.507 e. The predicted molar refractivity (Wildman–Crippen MR) is 90.1 cm³/mol. The van der Waals surface area contributed by atoms with E-state index in [0.29, 0.717) is 5.56 Å². The van der Waals surface area contributed by atoms with E-state index in [4.69, 9.17) is 8.83 Å². The van der Waals surface area contributed by atoms with Crippen molar-refractivity contribution in [3.8, 4) is 11.5 Å². The van der Waals surface area contributed by atoms with Gasteiger partial charge in [-0.25, -0.2) is 9.59 Å². The first-order chi connectivity index (χ1) is 11.9. The van der Waals surface area contributed by atoms with Gasteiger partial charge >= 0.3 is 11.3 Å². The Morgan fingerprint density at radius 1 is 0.800 bits per heavy atom. The second-order valence-electron chi connectivity index (χ2n) is 5.73. The normalized spacial score (nSPS) is 11.0. The third-order valence-corrected chi connectivity index (χ3v) is 3.89. The summed E-state index contributed by atoms with van der Waals surface area (Å²) in [6.45, 7) is 3.06. The zero-order valence-corrected chi connectivity index (χ0v) is 13.6. The molecule has 0 aliphatic carbocycles. The summed E-state index contributed by atoms with van der Waals surface area (Å²) in [5.74, 6) is -1.20. The summed E-state index contributed by atoms with van der Waals surface area (Å²) >= 11 is 0. The molecule has 0 unspecified atom stereocenters. The molecule has 128 valence electrons. The molecule has 2 aromatic heterocycles. The van der Waals surface area contributed by atoms with Gasteiger partial charge in [0.15, 0.2) is 0 Å². The summed E-state index contributed by atoms with van der Waals surface area (Å²) < 4.78 is 10.2. The van der Waals surface area contributed by atoms with Crippen molar-refractivity contribution in [3.05, 3.63) is 91.5 Å². The van der Waals surface area contributed by atoms with E-state index < -0.39 is 17.2 Å². The van der Waals surface area contributed by atoms with Gasteiger partial charge in [-0.3, -0.25) is 0 Å². The van der Waals surface area contributed by atoms with Crippen molar-refractivity contribution < 1.29 is 19.0 Å². The van der Waals surface area contributed by atoms with Crippen LogP contribution in [0.2, 0.25) is 0 Å². The summed E-state index contributed by atoms with van der Waals surface area (Å²) in [6.07, 6.45) is 0. The summed E-state index contributed by atoms with van der Waals surface area (Å²) in [6, 6.07) is 11.2. The van der Waals surface area contributed by atoms with E-state index in [1.807, 2.05) is 0 Å². The third-order valence-electron chi connectivity index (χ3n) is 3.89. The lowest BCUT2D eigenvalue weighted by atomic mass is 9.85. The average molecular weight is 340 g/mol. The van der Waals surface area contributed by atoms with Crippen molar-refractivity contribution in [3.63, 3.8) is 0 Å². The van der Waals surface area contributed by atoms with Crippen LogP contribution < -0.4 is 11.3 Å². The van der Waals surface area contributed by atoms with Gasteiger partial charge in [-0.05, 0) is 19.4 Å². The largest absolute Gasteiger partial charge is 0.507 e. The van der Waals surface area contributed by atoms with Gasteiger partial charge in [0, 0.05) is 12.1 Å². The Morgan fingerprint density at radius 3 is 1.64 bits per heavy atom. The monoisotopic (exact) mass is 340 g/mol. The molecule has 6 heteroatoms. The van der Waals surface area contributed by atoms with E-state index >= 15 is 0 Å². The Labute approximate surface area is 142 Å². The van der Waals surface area contributed by atoms with Crippen molar-refractivity contribution in [2.24, 2.45) is 0 Å². The van der Waals surface area contributed by atoms with Crippen molar-refractivity contribution >= 4 is 0 Å². The van der Waals surface area contributed by atoms with E-state index in [9.17, 15) is 19.8 Å². The van der Waals surface area contributed by atoms with Crippen LogP contribution in [0.1, 0.15) is 34.1 Å². The fourth-order valence-electron chi connectivity index (χ4n) is 2.87. The van der Waals surface area contributed by atoms with Crippen LogP contribution in [0.25, 0.3) is 0 Å². The highest BCUT2D eigenvalue weighted by atomic mass is 16.4. The van der Waals surface area contributed by atoms with Gasteiger partial charge in [-0.1, -0.05) is 30.3 Å². The Morgan fingerprint density at radius 2 is 1.24 bits per heavy atom. The lowest BCUT2D eigenvalue weighted by molar-refractivity contribution is 0.407. The molecule has 0 atom stereocenters. The number of hydrogen-bond donors (Lipinski definition) is 2. The molecule has 0 aliphatic heterocycles. The molecule has 0 amide bonds. The molecule has 6 nitrogen and oxygen atoms in total. The minimum atomic E-state index is -1.03. The fraction of sp³-hybridized carbons (Fsp3) is 0.158. The molecule has 0 saturated carbocycles. The number of aryl methyl sites for hydroxylation is 2. The molecule has 0 bridgehead atoms. The van der Waals surface area contributed by atoms with E-state index in [1.54, 1.807) is 30.3 Å². The van der Waals surface area contributed by atoms with Crippen LogP contribution in [0.3, 0.4) is 0 Å². The quantitative estimate of drug-likeness (QED) is 0.760. The molecule has 0 fully saturated rings. The molecule has 2 N–H and O–H groups in total. The molecule has 0 saturated heterocycles. The molecule has 0 spiro atoms. The first kappa shape index (κ1) is 16.6. The molecule has 3 rings (SSSR count). The standard InChI is InChI=1S/C19H16O6/c1-10-8-13(20)16(18(22)24-10)15(12-6-4-3-5-7-12)17-14(21)9-11(2)25-19(17)23/h3-9,15,20-21H,1-2H3. The fourth-order valence-corrected chi connectivity index (χ4v) is 2.87. The molecule has 0 radical (unpaired) electrons. The lowest BCUT2D eigenvalue weighted by Crippen LogP contribution is -2.21. The number of hydrogen-bond acceptors (Lipinski definition) is 6. The van der Waals surface area contributed by atoms with Gasteiger partial charge in [-0.15, -0.1) is 0 Å². The van der Waals surface area contributed by atoms with Gasteiger partial charge < -0.3 is 19.0 Å².